The average Bonchev–Trinajstić information content (AvgIpc) is 3.52. The predicted molar refractivity (Wildman–Crippen MR) is 105 cm³/mol. The van der Waals surface area contributed by atoms with Gasteiger partial charge in [-0.15, -0.1) is 0 Å². The van der Waals surface area contributed by atoms with Gasteiger partial charge in [0.2, 0.25) is 0 Å². The molecule has 7 heteroatoms. The van der Waals surface area contributed by atoms with Crippen LogP contribution in [0.15, 0.2) is 24.3 Å². The SMILES string of the molecule is COc1ccc(-n2nc(C)c3c(N4CCNCC4)nc(C4CC4)nc32)cc1. The van der Waals surface area contributed by atoms with Gasteiger partial charge in [-0.25, -0.2) is 14.6 Å². The van der Waals surface area contributed by atoms with E-state index in [0.29, 0.717) is 5.92 Å². The molecule has 7 nitrogen and oxygen atoms in total. The second-order valence-electron chi connectivity index (χ2n) is 7.31. The van der Waals surface area contributed by atoms with Crippen molar-refractivity contribution >= 4 is 16.9 Å². The maximum Gasteiger partial charge on any atom is 0.169 e. The summed E-state index contributed by atoms with van der Waals surface area (Å²) in [5.41, 5.74) is 2.86. The molecule has 0 unspecified atom stereocenters. The zero-order valence-electron chi connectivity index (χ0n) is 15.8. The Hall–Kier alpha value is -2.67. The van der Waals surface area contributed by atoms with Crippen molar-refractivity contribution in [3.63, 3.8) is 0 Å². The Labute approximate surface area is 158 Å². The Morgan fingerprint density at radius 2 is 1.81 bits per heavy atom. The third-order valence-corrected chi connectivity index (χ3v) is 5.38. The second-order valence-corrected chi connectivity index (χ2v) is 7.31. The molecular formula is C20H24N6O. The number of aromatic nitrogens is 4. The number of aryl methyl sites for hydroxylation is 1. The molecule has 2 aromatic heterocycles. The van der Waals surface area contributed by atoms with Crippen molar-refractivity contribution < 1.29 is 4.74 Å². The first-order valence-corrected chi connectivity index (χ1v) is 9.62. The Morgan fingerprint density at radius 3 is 2.48 bits per heavy atom. The molecule has 1 aliphatic carbocycles. The van der Waals surface area contributed by atoms with Crippen LogP contribution in [0.2, 0.25) is 0 Å². The minimum absolute atomic E-state index is 0.496. The minimum atomic E-state index is 0.496. The summed E-state index contributed by atoms with van der Waals surface area (Å²) < 4.78 is 7.23. The van der Waals surface area contributed by atoms with Crippen molar-refractivity contribution in [2.45, 2.75) is 25.7 Å². The highest BCUT2D eigenvalue weighted by molar-refractivity contribution is 5.91. The van der Waals surface area contributed by atoms with Gasteiger partial charge in [0.1, 0.15) is 17.4 Å². The number of hydrogen-bond donors (Lipinski definition) is 1. The molecule has 0 bridgehead atoms. The van der Waals surface area contributed by atoms with E-state index in [1.807, 2.05) is 35.9 Å². The van der Waals surface area contributed by atoms with E-state index in [4.69, 9.17) is 19.8 Å². The van der Waals surface area contributed by atoms with E-state index >= 15 is 0 Å². The second kappa shape index (κ2) is 6.49. The normalized spacial score (nSPS) is 17.5. The standard InChI is InChI=1S/C20H24N6O/c1-13-17-19(25-11-9-21-10-12-25)22-18(14-3-4-14)23-20(17)26(24-13)15-5-7-16(27-2)8-6-15/h5-8,14,21H,3-4,9-12H2,1-2H3. The van der Waals surface area contributed by atoms with Gasteiger partial charge in [-0.05, 0) is 44.0 Å². The fraction of sp³-hybridized carbons (Fsp3) is 0.450. The zero-order chi connectivity index (χ0) is 18.4. The van der Waals surface area contributed by atoms with Crippen molar-refractivity contribution in [1.82, 2.24) is 25.1 Å². The number of anilines is 1. The van der Waals surface area contributed by atoms with Crippen molar-refractivity contribution in [1.29, 1.82) is 0 Å². The number of ether oxygens (including phenoxy) is 1. The molecule has 1 N–H and O–H groups in total. The summed E-state index contributed by atoms with van der Waals surface area (Å²) in [6, 6.07) is 7.96. The van der Waals surface area contributed by atoms with Crippen LogP contribution in [0.3, 0.4) is 0 Å². The van der Waals surface area contributed by atoms with Crippen molar-refractivity contribution in [2.24, 2.45) is 0 Å². The van der Waals surface area contributed by atoms with Crippen LogP contribution in [-0.4, -0.2) is 53.0 Å². The highest BCUT2D eigenvalue weighted by atomic mass is 16.5. The third kappa shape index (κ3) is 2.92. The molecule has 0 amide bonds. The minimum Gasteiger partial charge on any atom is -0.497 e. The lowest BCUT2D eigenvalue weighted by molar-refractivity contribution is 0.414. The summed E-state index contributed by atoms with van der Waals surface area (Å²) in [5.74, 6) is 3.34. The number of piperazine rings is 1. The van der Waals surface area contributed by atoms with E-state index in [1.165, 1.54) is 12.8 Å². The molecule has 0 spiro atoms. The molecule has 0 radical (unpaired) electrons. The maximum absolute atomic E-state index is 5.29. The summed E-state index contributed by atoms with van der Waals surface area (Å²) in [6.45, 7) is 5.94. The lowest BCUT2D eigenvalue weighted by atomic mass is 10.2. The van der Waals surface area contributed by atoms with E-state index in [0.717, 1.165) is 66.0 Å². The molecule has 0 atom stereocenters. The fourth-order valence-corrected chi connectivity index (χ4v) is 3.71. The van der Waals surface area contributed by atoms with Crippen LogP contribution in [-0.2, 0) is 0 Å². The number of hydrogen-bond acceptors (Lipinski definition) is 6. The molecule has 3 heterocycles. The number of methoxy groups -OCH3 is 1. The molecule has 1 aliphatic heterocycles. The number of rotatable bonds is 4. The van der Waals surface area contributed by atoms with Crippen LogP contribution in [0.4, 0.5) is 5.82 Å². The summed E-state index contributed by atoms with van der Waals surface area (Å²) in [4.78, 5) is 12.3. The third-order valence-electron chi connectivity index (χ3n) is 5.38. The number of benzene rings is 1. The Morgan fingerprint density at radius 1 is 1.07 bits per heavy atom. The summed E-state index contributed by atoms with van der Waals surface area (Å²) in [6.07, 6.45) is 2.37. The van der Waals surface area contributed by atoms with Gasteiger partial charge in [0.05, 0.1) is 23.9 Å². The van der Waals surface area contributed by atoms with E-state index in [1.54, 1.807) is 7.11 Å². The van der Waals surface area contributed by atoms with Crippen molar-refractivity contribution in [3.05, 3.63) is 35.8 Å². The molecule has 2 fully saturated rings. The number of nitrogens with one attached hydrogen (secondary N) is 1. The molecule has 2 aliphatic rings. The molecule has 5 rings (SSSR count). The lowest BCUT2D eigenvalue weighted by Gasteiger charge is -2.29. The molecular weight excluding hydrogens is 340 g/mol. The van der Waals surface area contributed by atoms with Gasteiger partial charge in [0.15, 0.2) is 5.65 Å². The Bertz CT molecular complexity index is 970. The largest absolute Gasteiger partial charge is 0.497 e. The van der Waals surface area contributed by atoms with Crippen LogP contribution in [0.25, 0.3) is 16.7 Å². The number of fused-ring (bicyclic) bond motifs is 1. The monoisotopic (exact) mass is 364 g/mol. The zero-order valence-corrected chi connectivity index (χ0v) is 15.8. The summed E-state index contributed by atoms with van der Waals surface area (Å²) >= 11 is 0. The quantitative estimate of drug-likeness (QED) is 0.767. The Kier molecular flexibility index (Phi) is 3.97. The molecule has 140 valence electrons. The summed E-state index contributed by atoms with van der Waals surface area (Å²) in [5, 5.41) is 9.31. The van der Waals surface area contributed by atoms with E-state index in [9.17, 15) is 0 Å². The van der Waals surface area contributed by atoms with Gasteiger partial charge in [-0.1, -0.05) is 0 Å². The molecule has 3 aromatic rings. The average molecular weight is 364 g/mol. The van der Waals surface area contributed by atoms with Gasteiger partial charge in [-0.3, -0.25) is 0 Å². The van der Waals surface area contributed by atoms with Crippen molar-refractivity contribution in [2.75, 3.05) is 38.2 Å². The molecule has 1 saturated heterocycles. The van der Waals surface area contributed by atoms with E-state index < -0.39 is 0 Å². The van der Waals surface area contributed by atoms with Gasteiger partial charge >= 0.3 is 0 Å². The maximum atomic E-state index is 5.29. The smallest absolute Gasteiger partial charge is 0.169 e. The van der Waals surface area contributed by atoms with Crippen LogP contribution >= 0.6 is 0 Å². The van der Waals surface area contributed by atoms with Gasteiger partial charge in [0, 0.05) is 32.1 Å². The first kappa shape index (κ1) is 16.5. The number of nitrogens with zero attached hydrogens (tertiary/aromatic N) is 5. The lowest BCUT2D eigenvalue weighted by Crippen LogP contribution is -2.44. The van der Waals surface area contributed by atoms with Crippen LogP contribution in [0.5, 0.6) is 5.75 Å². The van der Waals surface area contributed by atoms with Crippen LogP contribution in [0.1, 0.15) is 30.3 Å². The summed E-state index contributed by atoms with van der Waals surface area (Å²) in [7, 11) is 1.68. The molecule has 27 heavy (non-hydrogen) atoms. The van der Waals surface area contributed by atoms with Gasteiger partial charge in [-0.2, -0.15) is 5.10 Å². The van der Waals surface area contributed by atoms with Gasteiger partial charge < -0.3 is 15.0 Å². The van der Waals surface area contributed by atoms with Crippen LogP contribution in [0, 0.1) is 6.92 Å². The van der Waals surface area contributed by atoms with Crippen LogP contribution < -0.4 is 15.0 Å². The van der Waals surface area contributed by atoms with E-state index in [2.05, 4.69) is 10.2 Å². The Balaban J connectivity index is 1.69. The topological polar surface area (TPSA) is 68.1 Å². The fourth-order valence-electron chi connectivity index (χ4n) is 3.71. The first-order chi connectivity index (χ1) is 13.2. The predicted octanol–water partition coefficient (Wildman–Crippen LogP) is 2.42. The van der Waals surface area contributed by atoms with E-state index in [-0.39, 0.29) is 0 Å². The molecule has 1 saturated carbocycles. The highest BCUT2D eigenvalue weighted by Gasteiger charge is 2.30. The van der Waals surface area contributed by atoms with Crippen molar-refractivity contribution in [3.8, 4) is 11.4 Å². The first-order valence-electron chi connectivity index (χ1n) is 9.62. The molecule has 1 aromatic carbocycles. The van der Waals surface area contributed by atoms with Gasteiger partial charge in [0.25, 0.3) is 0 Å². The highest BCUT2D eigenvalue weighted by Crippen LogP contribution is 2.40.